The molecule has 1 aromatic heterocycles. The average Bonchev–Trinajstić information content (AvgIpc) is 2.38. The van der Waals surface area contributed by atoms with Gasteiger partial charge < -0.3 is 10.3 Å². The molecule has 1 aliphatic carbocycles. The first kappa shape index (κ1) is 13.3. The molecule has 0 bridgehead atoms. The molecular weight excluding hydrogens is 226 g/mol. The number of aromatic nitrogens is 2. The zero-order valence-corrected chi connectivity index (χ0v) is 11.3. The lowest BCUT2D eigenvalue weighted by molar-refractivity contribution is 0.306. The van der Waals surface area contributed by atoms with E-state index in [1.165, 1.54) is 25.7 Å². The van der Waals surface area contributed by atoms with Crippen molar-refractivity contribution in [2.75, 3.05) is 7.05 Å². The van der Waals surface area contributed by atoms with Crippen molar-refractivity contribution in [3.63, 3.8) is 0 Å². The molecule has 2 N–H and O–H groups in total. The first-order valence-corrected chi connectivity index (χ1v) is 6.97. The molecular formula is C14H23N3O. The molecule has 0 radical (unpaired) electrons. The fraction of sp³-hybridized carbons (Fsp3) is 0.714. The molecule has 1 heterocycles. The third kappa shape index (κ3) is 3.19. The minimum Gasteiger partial charge on any atom is -0.314 e. The highest BCUT2D eigenvalue weighted by molar-refractivity contribution is 5.07. The molecule has 0 aromatic carbocycles. The Kier molecular flexibility index (Phi) is 4.53. The molecule has 0 amide bonds. The number of nitrogens with zero attached hydrogens (tertiary/aromatic N) is 1. The SMILES string of the molecule is CCC1CCCC(c2nc(CNC)cc(=O)[nH]2)C1. The molecule has 4 heteroatoms. The smallest absolute Gasteiger partial charge is 0.251 e. The van der Waals surface area contributed by atoms with Gasteiger partial charge in [-0.15, -0.1) is 0 Å². The monoisotopic (exact) mass is 249 g/mol. The van der Waals surface area contributed by atoms with Gasteiger partial charge in [-0.2, -0.15) is 0 Å². The fourth-order valence-corrected chi connectivity index (χ4v) is 2.90. The van der Waals surface area contributed by atoms with Crippen LogP contribution in [-0.2, 0) is 6.54 Å². The average molecular weight is 249 g/mol. The summed E-state index contributed by atoms with van der Waals surface area (Å²) in [4.78, 5) is 19.2. The highest BCUT2D eigenvalue weighted by atomic mass is 16.1. The molecule has 1 aliphatic rings. The molecule has 1 saturated carbocycles. The predicted molar refractivity (Wildman–Crippen MR) is 72.6 cm³/mol. The van der Waals surface area contributed by atoms with E-state index in [4.69, 9.17) is 0 Å². The van der Waals surface area contributed by atoms with Crippen LogP contribution < -0.4 is 10.9 Å². The third-order valence-corrected chi connectivity index (χ3v) is 3.92. The lowest BCUT2D eigenvalue weighted by Crippen LogP contribution is -2.21. The van der Waals surface area contributed by atoms with Gasteiger partial charge in [-0.1, -0.05) is 26.2 Å². The van der Waals surface area contributed by atoms with E-state index in [0.717, 1.165) is 23.9 Å². The predicted octanol–water partition coefficient (Wildman–Crippen LogP) is 2.17. The Bertz CT molecular complexity index is 441. The van der Waals surface area contributed by atoms with Crippen LogP contribution in [0.25, 0.3) is 0 Å². The maximum Gasteiger partial charge on any atom is 0.251 e. The van der Waals surface area contributed by atoms with Crippen LogP contribution in [0.3, 0.4) is 0 Å². The van der Waals surface area contributed by atoms with Gasteiger partial charge in [0.25, 0.3) is 5.56 Å². The summed E-state index contributed by atoms with van der Waals surface area (Å²) < 4.78 is 0. The molecule has 2 unspecified atom stereocenters. The van der Waals surface area contributed by atoms with E-state index in [9.17, 15) is 4.79 Å². The largest absolute Gasteiger partial charge is 0.314 e. The van der Waals surface area contributed by atoms with E-state index in [1.54, 1.807) is 6.07 Å². The van der Waals surface area contributed by atoms with Gasteiger partial charge >= 0.3 is 0 Å². The van der Waals surface area contributed by atoms with Crippen molar-refractivity contribution >= 4 is 0 Å². The Morgan fingerprint density at radius 1 is 1.50 bits per heavy atom. The lowest BCUT2D eigenvalue weighted by Gasteiger charge is -2.27. The summed E-state index contributed by atoms with van der Waals surface area (Å²) in [5.41, 5.74) is 0.818. The van der Waals surface area contributed by atoms with Gasteiger partial charge in [0.2, 0.25) is 0 Å². The van der Waals surface area contributed by atoms with Crippen LogP contribution in [0.15, 0.2) is 10.9 Å². The third-order valence-electron chi connectivity index (χ3n) is 3.92. The Morgan fingerprint density at radius 3 is 3.06 bits per heavy atom. The highest BCUT2D eigenvalue weighted by Crippen LogP contribution is 2.35. The van der Waals surface area contributed by atoms with Crippen LogP contribution in [0.2, 0.25) is 0 Å². The molecule has 18 heavy (non-hydrogen) atoms. The minimum atomic E-state index is -0.0242. The molecule has 0 spiro atoms. The quantitative estimate of drug-likeness (QED) is 0.860. The second-order valence-corrected chi connectivity index (χ2v) is 5.29. The van der Waals surface area contributed by atoms with Crippen molar-refractivity contribution in [3.8, 4) is 0 Å². The Balaban J connectivity index is 2.18. The van der Waals surface area contributed by atoms with Crippen molar-refractivity contribution < 1.29 is 0 Å². The van der Waals surface area contributed by atoms with Crippen molar-refractivity contribution in [2.45, 2.75) is 51.5 Å². The van der Waals surface area contributed by atoms with Crippen molar-refractivity contribution in [2.24, 2.45) is 5.92 Å². The topological polar surface area (TPSA) is 57.8 Å². The van der Waals surface area contributed by atoms with E-state index >= 15 is 0 Å². The van der Waals surface area contributed by atoms with Gasteiger partial charge in [0.05, 0.1) is 5.69 Å². The van der Waals surface area contributed by atoms with Gasteiger partial charge in [-0.05, 0) is 25.8 Å². The van der Waals surface area contributed by atoms with E-state index in [0.29, 0.717) is 12.5 Å². The highest BCUT2D eigenvalue weighted by Gasteiger charge is 2.24. The number of H-pyrrole nitrogens is 1. The standard InChI is InChI=1S/C14H23N3O/c1-3-10-5-4-6-11(7-10)14-16-12(9-15-2)8-13(18)17-14/h8,10-11,15H,3-7,9H2,1-2H3,(H,16,17,18). The van der Waals surface area contributed by atoms with E-state index in [1.807, 2.05) is 7.05 Å². The molecule has 0 saturated heterocycles. The lowest BCUT2D eigenvalue weighted by atomic mass is 9.80. The van der Waals surface area contributed by atoms with Gasteiger partial charge in [0, 0.05) is 18.5 Å². The number of rotatable bonds is 4. The van der Waals surface area contributed by atoms with Crippen molar-refractivity contribution in [1.82, 2.24) is 15.3 Å². The van der Waals surface area contributed by atoms with Crippen LogP contribution in [0.1, 0.15) is 56.5 Å². The normalized spacial score (nSPS) is 24.1. The molecule has 2 atom stereocenters. The number of nitrogens with one attached hydrogen (secondary N) is 2. The summed E-state index contributed by atoms with van der Waals surface area (Å²) >= 11 is 0. The molecule has 0 aliphatic heterocycles. The van der Waals surface area contributed by atoms with Crippen molar-refractivity contribution in [1.29, 1.82) is 0 Å². The van der Waals surface area contributed by atoms with Gasteiger partial charge in [-0.3, -0.25) is 4.79 Å². The maximum absolute atomic E-state index is 11.7. The van der Waals surface area contributed by atoms with Gasteiger partial charge in [-0.25, -0.2) is 4.98 Å². The van der Waals surface area contributed by atoms with Crippen LogP contribution >= 0.6 is 0 Å². The fourth-order valence-electron chi connectivity index (χ4n) is 2.90. The van der Waals surface area contributed by atoms with Crippen LogP contribution in [0.5, 0.6) is 0 Å². The van der Waals surface area contributed by atoms with Crippen LogP contribution in [0, 0.1) is 5.92 Å². The molecule has 1 aromatic rings. The van der Waals surface area contributed by atoms with Gasteiger partial charge in [0.15, 0.2) is 0 Å². The zero-order valence-electron chi connectivity index (χ0n) is 11.3. The molecule has 1 fully saturated rings. The first-order chi connectivity index (χ1) is 8.72. The Hall–Kier alpha value is -1.16. The summed E-state index contributed by atoms with van der Waals surface area (Å²) in [5.74, 6) is 2.13. The zero-order chi connectivity index (χ0) is 13.0. The number of hydrogen-bond donors (Lipinski definition) is 2. The second-order valence-electron chi connectivity index (χ2n) is 5.29. The van der Waals surface area contributed by atoms with Gasteiger partial charge in [0.1, 0.15) is 5.82 Å². The van der Waals surface area contributed by atoms with E-state index in [2.05, 4.69) is 22.2 Å². The van der Waals surface area contributed by atoms with E-state index < -0.39 is 0 Å². The second kappa shape index (κ2) is 6.14. The van der Waals surface area contributed by atoms with Crippen molar-refractivity contribution in [3.05, 3.63) is 27.9 Å². The Labute approximate surface area is 108 Å². The van der Waals surface area contributed by atoms with Crippen LogP contribution in [-0.4, -0.2) is 17.0 Å². The summed E-state index contributed by atoms with van der Waals surface area (Å²) in [6.07, 6.45) is 6.14. The molecule has 2 rings (SSSR count). The van der Waals surface area contributed by atoms with Crippen LogP contribution in [0.4, 0.5) is 0 Å². The number of hydrogen-bond acceptors (Lipinski definition) is 3. The first-order valence-electron chi connectivity index (χ1n) is 6.97. The van der Waals surface area contributed by atoms with E-state index in [-0.39, 0.29) is 5.56 Å². The Morgan fingerprint density at radius 2 is 2.33 bits per heavy atom. The molecule has 4 nitrogen and oxygen atoms in total. The maximum atomic E-state index is 11.7. The summed E-state index contributed by atoms with van der Waals surface area (Å²) in [7, 11) is 1.87. The summed E-state index contributed by atoms with van der Waals surface area (Å²) in [5, 5.41) is 3.05. The number of aromatic amines is 1. The summed E-state index contributed by atoms with van der Waals surface area (Å²) in [6, 6.07) is 1.58. The molecule has 100 valence electrons. The minimum absolute atomic E-state index is 0.0242. The summed E-state index contributed by atoms with van der Waals surface area (Å²) in [6.45, 7) is 2.90.